The molecule has 1 aromatic carbocycles. The van der Waals surface area contributed by atoms with Gasteiger partial charge in [-0.1, -0.05) is 30.2 Å². The van der Waals surface area contributed by atoms with Crippen LogP contribution in [-0.4, -0.2) is 24.5 Å². The van der Waals surface area contributed by atoms with Crippen LogP contribution in [0.1, 0.15) is 36.0 Å². The summed E-state index contributed by atoms with van der Waals surface area (Å²) in [7, 11) is 2.25. The fraction of sp³-hybridized carbons (Fsp3) is 0.625. The van der Waals surface area contributed by atoms with E-state index in [0.717, 1.165) is 13.1 Å². The molecule has 2 nitrogen and oxygen atoms in total. The van der Waals surface area contributed by atoms with Gasteiger partial charge in [-0.15, -0.1) is 0 Å². The zero-order valence-corrected chi connectivity index (χ0v) is 11.9. The molecular weight excluding hydrogens is 220 g/mol. The molecule has 100 valence electrons. The van der Waals surface area contributed by atoms with Crippen molar-refractivity contribution in [1.29, 1.82) is 0 Å². The highest BCUT2D eigenvalue weighted by Crippen LogP contribution is 2.29. The Hall–Kier alpha value is -0.860. The fourth-order valence-electron chi connectivity index (χ4n) is 3.28. The second-order valence-electron chi connectivity index (χ2n) is 5.84. The lowest BCUT2D eigenvalue weighted by molar-refractivity contribution is 0.192. The zero-order valence-electron chi connectivity index (χ0n) is 11.9. The third-order valence-electron chi connectivity index (χ3n) is 4.41. The highest BCUT2D eigenvalue weighted by molar-refractivity contribution is 5.30. The van der Waals surface area contributed by atoms with Crippen LogP contribution in [0, 0.1) is 19.8 Å². The quantitative estimate of drug-likeness (QED) is 0.885. The number of nitrogens with two attached hydrogens (primary N) is 1. The molecule has 0 heterocycles. The summed E-state index contributed by atoms with van der Waals surface area (Å²) in [6, 6.07) is 7.44. The summed E-state index contributed by atoms with van der Waals surface area (Å²) in [6.07, 6.45) is 3.95. The first-order valence-corrected chi connectivity index (χ1v) is 7.08. The van der Waals surface area contributed by atoms with E-state index in [2.05, 4.69) is 44.0 Å². The first-order valence-electron chi connectivity index (χ1n) is 7.08. The first kappa shape index (κ1) is 13.6. The van der Waals surface area contributed by atoms with Crippen molar-refractivity contribution in [1.82, 2.24) is 4.90 Å². The van der Waals surface area contributed by atoms with Gasteiger partial charge in [0.2, 0.25) is 0 Å². The highest BCUT2D eigenvalue weighted by atomic mass is 15.1. The molecular formula is C16H26N2. The van der Waals surface area contributed by atoms with Crippen molar-refractivity contribution in [2.75, 3.05) is 13.6 Å². The Morgan fingerprint density at radius 2 is 2.06 bits per heavy atom. The Labute approximate surface area is 111 Å². The van der Waals surface area contributed by atoms with E-state index in [1.54, 1.807) is 0 Å². The van der Waals surface area contributed by atoms with E-state index >= 15 is 0 Å². The average molecular weight is 246 g/mol. The Balaban J connectivity index is 2.04. The Bertz CT molecular complexity index is 400. The predicted octanol–water partition coefficient (Wildman–Crippen LogP) is 2.86. The van der Waals surface area contributed by atoms with E-state index in [9.17, 15) is 0 Å². The van der Waals surface area contributed by atoms with Gasteiger partial charge < -0.3 is 5.73 Å². The minimum absolute atomic E-state index is 0.677. The minimum Gasteiger partial charge on any atom is -0.330 e. The van der Waals surface area contributed by atoms with Gasteiger partial charge in [-0.25, -0.2) is 0 Å². The molecule has 2 N–H and O–H groups in total. The number of nitrogens with zero attached hydrogens (tertiary/aromatic N) is 1. The SMILES string of the molecule is Cc1ccc(CN(C)C2CCCC2CN)c(C)c1. The first-order chi connectivity index (χ1) is 8.61. The van der Waals surface area contributed by atoms with Crippen molar-refractivity contribution in [2.45, 2.75) is 45.7 Å². The molecule has 1 aliphatic rings. The lowest BCUT2D eigenvalue weighted by atomic mass is 10.0. The molecule has 2 rings (SSSR count). The van der Waals surface area contributed by atoms with Crippen LogP contribution in [-0.2, 0) is 6.54 Å². The second kappa shape index (κ2) is 5.85. The van der Waals surface area contributed by atoms with E-state index in [1.165, 1.54) is 36.0 Å². The summed E-state index contributed by atoms with van der Waals surface area (Å²) in [5, 5.41) is 0. The van der Waals surface area contributed by atoms with Crippen LogP contribution >= 0.6 is 0 Å². The molecule has 2 unspecified atom stereocenters. The van der Waals surface area contributed by atoms with Crippen LogP contribution in [0.15, 0.2) is 18.2 Å². The minimum atomic E-state index is 0.677. The Morgan fingerprint density at radius 3 is 2.72 bits per heavy atom. The van der Waals surface area contributed by atoms with Gasteiger partial charge in [0.25, 0.3) is 0 Å². The molecule has 1 saturated carbocycles. The summed E-state index contributed by atoms with van der Waals surface area (Å²) in [4.78, 5) is 2.50. The summed E-state index contributed by atoms with van der Waals surface area (Å²) >= 11 is 0. The van der Waals surface area contributed by atoms with E-state index in [-0.39, 0.29) is 0 Å². The molecule has 0 radical (unpaired) electrons. The molecule has 1 aliphatic carbocycles. The third kappa shape index (κ3) is 2.93. The smallest absolute Gasteiger partial charge is 0.0236 e. The van der Waals surface area contributed by atoms with Crippen molar-refractivity contribution in [3.05, 3.63) is 34.9 Å². The van der Waals surface area contributed by atoms with Crippen molar-refractivity contribution in [3.63, 3.8) is 0 Å². The van der Waals surface area contributed by atoms with Crippen LogP contribution in [0.5, 0.6) is 0 Å². The number of rotatable bonds is 4. The molecule has 0 saturated heterocycles. The van der Waals surface area contributed by atoms with Crippen LogP contribution in [0.25, 0.3) is 0 Å². The summed E-state index contributed by atoms with van der Waals surface area (Å²) < 4.78 is 0. The standard InChI is InChI=1S/C16H26N2/c1-12-7-8-15(13(2)9-12)11-18(3)16-6-4-5-14(16)10-17/h7-9,14,16H,4-6,10-11,17H2,1-3H3. The molecule has 18 heavy (non-hydrogen) atoms. The summed E-state index contributed by atoms with van der Waals surface area (Å²) in [5.41, 5.74) is 10.1. The van der Waals surface area contributed by atoms with Crippen molar-refractivity contribution in [2.24, 2.45) is 11.7 Å². The zero-order chi connectivity index (χ0) is 13.1. The maximum absolute atomic E-state index is 5.88. The van der Waals surface area contributed by atoms with Gasteiger partial charge in [-0.3, -0.25) is 4.90 Å². The van der Waals surface area contributed by atoms with Crippen LogP contribution in [0.2, 0.25) is 0 Å². The normalized spacial score (nSPS) is 23.8. The van der Waals surface area contributed by atoms with Gasteiger partial charge in [0.05, 0.1) is 0 Å². The maximum atomic E-state index is 5.88. The monoisotopic (exact) mass is 246 g/mol. The van der Waals surface area contributed by atoms with E-state index < -0.39 is 0 Å². The molecule has 0 amide bonds. The number of aryl methyl sites for hydroxylation is 2. The third-order valence-corrected chi connectivity index (χ3v) is 4.41. The molecule has 1 aromatic rings. The number of hydrogen-bond donors (Lipinski definition) is 1. The lowest BCUT2D eigenvalue weighted by Crippen LogP contribution is -2.37. The highest BCUT2D eigenvalue weighted by Gasteiger charge is 2.29. The van der Waals surface area contributed by atoms with Crippen LogP contribution < -0.4 is 5.73 Å². The molecule has 2 heteroatoms. The van der Waals surface area contributed by atoms with Crippen LogP contribution in [0.4, 0.5) is 0 Å². The van der Waals surface area contributed by atoms with Crippen molar-refractivity contribution < 1.29 is 0 Å². The fourth-order valence-corrected chi connectivity index (χ4v) is 3.28. The van der Waals surface area contributed by atoms with Gasteiger partial charge >= 0.3 is 0 Å². The molecule has 0 spiro atoms. The van der Waals surface area contributed by atoms with Crippen molar-refractivity contribution >= 4 is 0 Å². The second-order valence-corrected chi connectivity index (χ2v) is 5.84. The van der Waals surface area contributed by atoms with Crippen molar-refractivity contribution in [3.8, 4) is 0 Å². The van der Waals surface area contributed by atoms with Crippen LogP contribution in [0.3, 0.4) is 0 Å². The Morgan fingerprint density at radius 1 is 1.28 bits per heavy atom. The molecule has 0 aliphatic heterocycles. The van der Waals surface area contributed by atoms with Gasteiger partial charge in [-0.2, -0.15) is 0 Å². The predicted molar refractivity (Wildman–Crippen MR) is 77.6 cm³/mol. The molecule has 2 atom stereocenters. The van der Waals surface area contributed by atoms with E-state index in [0.29, 0.717) is 12.0 Å². The van der Waals surface area contributed by atoms with Gasteiger partial charge in [0, 0.05) is 12.6 Å². The molecule has 0 aromatic heterocycles. The summed E-state index contributed by atoms with van der Waals surface area (Å²) in [6.45, 7) is 6.25. The largest absolute Gasteiger partial charge is 0.330 e. The van der Waals surface area contributed by atoms with Gasteiger partial charge in [-0.05, 0) is 57.3 Å². The molecule has 0 bridgehead atoms. The number of benzene rings is 1. The van der Waals surface area contributed by atoms with E-state index in [1.807, 2.05) is 0 Å². The maximum Gasteiger partial charge on any atom is 0.0236 e. The Kier molecular flexibility index (Phi) is 4.41. The van der Waals surface area contributed by atoms with Gasteiger partial charge in [0.15, 0.2) is 0 Å². The average Bonchev–Trinajstić information content (AvgIpc) is 2.81. The topological polar surface area (TPSA) is 29.3 Å². The van der Waals surface area contributed by atoms with E-state index in [4.69, 9.17) is 5.73 Å². The lowest BCUT2D eigenvalue weighted by Gasteiger charge is -2.29. The van der Waals surface area contributed by atoms with Gasteiger partial charge in [0.1, 0.15) is 0 Å². The molecule has 1 fully saturated rings. The summed E-state index contributed by atoms with van der Waals surface area (Å²) in [5.74, 6) is 0.695. The number of hydrogen-bond acceptors (Lipinski definition) is 2.